The molecule has 1 amide bonds. The van der Waals surface area contributed by atoms with E-state index in [0.29, 0.717) is 6.54 Å². The SMILES string of the molecule is Cc1ccc(CNC(=O)C2CC2)o1. The Kier molecular flexibility index (Phi) is 2.08. The molecule has 0 aliphatic heterocycles. The van der Waals surface area contributed by atoms with Crippen LogP contribution < -0.4 is 5.32 Å². The lowest BCUT2D eigenvalue weighted by molar-refractivity contribution is -0.122. The van der Waals surface area contributed by atoms with Gasteiger partial charge in [-0.25, -0.2) is 0 Å². The monoisotopic (exact) mass is 179 g/mol. The van der Waals surface area contributed by atoms with Crippen molar-refractivity contribution in [2.24, 2.45) is 5.92 Å². The van der Waals surface area contributed by atoms with Crippen molar-refractivity contribution in [2.45, 2.75) is 26.3 Å². The van der Waals surface area contributed by atoms with Gasteiger partial charge in [-0.1, -0.05) is 0 Å². The van der Waals surface area contributed by atoms with Gasteiger partial charge < -0.3 is 9.73 Å². The number of nitrogens with one attached hydrogen (secondary N) is 1. The average molecular weight is 179 g/mol. The van der Waals surface area contributed by atoms with Crippen molar-refractivity contribution >= 4 is 5.91 Å². The van der Waals surface area contributed by atoms with E-state index in [-0.39, 0.29) is 11.8 Å². The molecule has 0 unspecified atom stereocenters. The third kappa shape index (κ3) is 2.11. The topological polar surface area (TPSA) is 42.2 Å². The van der Waals surface area contributed by atoms with Crippen molar-refractivity contribution in [1.29, 1.82) is 0 Å². The second kappa shape index (κ2) is 3.24. The number of aryl methyl sites for hydroxylation is 1. The minimum absolute atomic E-state index is 0.161. The van der Waals surface area contributed by atoms with Crippen LogP contribution in [0, 0.1) is 12.8 Å². The van der Waals surface area contributed by atoms with Crippen molar-refractivity contribution in [3.63, 3.8) is 0 Å². The van der Waals surface area contributed by atoms with E-state index in [4.69, 9.17) is 4.42 Å². The van der Waals surface area contributed by atoms with Gasteiger partial charge >= 0.3 is 0 Å². The van der Waals surface area contributed by atoms with Crippen LogP contribution in [-0.2, 0) is 11.3 Å². The van der Waals surface area contributed by atoms with E-state index in [2.05, 4.69) is 5.32 Å². The number of carbonyl (C=O) groups is 1. The smallest absolute Gasteiger partial charge is 0.223 e. The van der Waals surface area contributed by atoms with Gasteiger partial charge in [0.05, 0.1) is 6.54 Å². The van der Waals surface area contributed by atoms with Crippen molar-refractivity contribution in [3.05, 3.63) is 23.7 Å². The van der Waals surface area contributed by atoms with E-state index < -0.39 is 0 Å². The lowest BCUT2D eigenvalue weighted by Crippen LogP contribution is -2.23. The van der Waals surface area contributed by atoms with Crippen LogP contribution in [0.5, 0.6) is 0 Å². The first kappa shape index (κ1) is 8.35. The van der Waals surface area contributed by atoms with Crippen LogP contribution in [0.25, 0.3) is 0 Å². The van der Waals surface area contributed by atoms with Crippen molar-refractivity contribution < 1.29 is 9.21 Å². The first-order valence-corrected chi connectivity index (χ1v) is 4.59. The molecule has 70 valence electrons. The Morgan fingerprint density at radius 2 is 2.38 bits per heavy atom. The van der Waals surface area contributed by atoms with Gasteiger partial charge in [-0.05, 0) is 31.9 Å². The van der Waals surface area contributed by atoms with E-state index in [1.54, 1.807) is 0 Å². The number of furan rings is 1. The molecule has 1 heterocycles. The molecule has 0 radical (unpaired) electrons. The molecular formula is C10H13NO2. The molecule has 1 aromatic heterocycles. The fourth-order valence-corrected chi connectivity index (χ4v) is 1.24. The van der Waals surface area contributed by atoms with E-state index in [0.717, 1.165) is 24.4 Å². The molecule has 3 nitrogen and oxygen atoms in total. The Labute approximate surface area is 77.1 Å². The Balaban J connectivity index is 1.81. The summed E-state index contributed by atoms with van der Waals surface area (Å²) in [5, 5.41) is 2.84. The van der Waals surface area contributed by atoms with Crippen LogP contribution in [0.4, 0.5) is 0 Å². The van der Waals surface area contributed by atoms with Gasteiger partial charge in [-0.3, -0.25) is 4.79 Å². The van der Waals surface area contributed by atoms with E-state index >= 15 is 0 Å². The summed E-state index contributed by atoms with van der Waals surface area (Å²) >= 11 is 0. The second-order valence-corrected chi connectivity index (χ2v) is 3.50. The van der Waals surface area contributed by atoms with Gasteiger partial charge in [0.1, 0.15) is 11.5 Å². The van der Waals surface area contributed by atoms with Crippen LogP contribution >= 0.6 is 0 Å². The van der Waals surface area contributed by atoms with Crippen LogP contribution in [-0.4, -0.2) is 5.91 Å². The summed E-state index contributed by atoms with van der Waals surface area (Å²) in [5.41, 5.74) is 0. The Hall–Kier alpha value is -1.25. The van der Waals surface area contributed by atoms with Gasteiger partial charge in [0.15, 0.2) is 0 Å². The Bertz CT molecular complexity index is 312. The molecule has 1 aliphatic rings. The van der Waals surface area contributed by atoms with Crippen molar-refractivity contribution in [3.8, 4) is 0 Å². The number of rotatable bonds is 3. The zero-order chi connectivity index (χ0) is 9.26. The molecule has 1 aliphatic carbocycles. The Morgan fingerprint density at radius 3 is 2.92 bits per heavy atom. The van der Waals surface area contributed by atoms with Crippen LogP contribution in [0.15, 0.2) is 16.5 Å². The number of hydrogen-bond acceptors (Lipinski definition) is 2. The third-order valence-electron chi connectivity index (χ3n) is 2.18. The van der Waals surface area contributed by atoms with Gasteiger partial charge in [0, 0.05) is 5.92 Å². The van der Waals surface area contributed by atoms with E-state index in [1.807, 2.05) is 19.1 Å². The number of amides is 1. The lowest BCUT2D eigenvalue weighted by atomic mass is 10.3. The molecule has 1 N–H and O–H groups in total. The molecule has 0 bridgehead atoms. The highest BCUT2D eigenvalue weighted by Crippen LogP contribution is 2.28. The molecule has 0 saturated heterocycles. The summed E-state index contributed by atoms with van der Waals surface area (Å²) < 4.78 is 5.32. The predicted molar refractivity (Wildman–Crippen MR) is 48.0 cm³/mol. The van der Waals surface area contributed by atoms with Gasteiger partial charge in [0.2, 0.25) is 5.91 Å². The maximum atomic E-state index is 11.2. The van der Waals surface area contributed by atoms with Crippen molar-refractivity contribution in [1.82, 2.24) is 5.32 Å². The molecule has 0 atom stereocenters. The molecule has 13 heavy (non-hydrogen) atoms. The zero-order valence-electron chi connectivity index (χ0n) is 7.67. The summed E-state index contributed by atoms with van der Waals surface area (Å²) in [5.74, 6) is 2.15. The molecule has 0 spiro atoms. The highest BCUT2D eigenvalue weighted by Gasteiger charge is 2.29. The summed E-state index contributed by atoms with van der Waals surface area (Å²) in [6.07, 6.45) is 2.09. The largest absolute Gasteiger partial charge is 0.465 e. The quantitative estimate of drug-likeness (QED) is 0.766. The van der Waals surface area contributed by atoms with Crippen molar-refractivity contribution in [2.75, 3.05) is 0 Å². The highest BCUT2D eigenvalue weighted by atomic mass is 16.3. The predicted octanol–water partition coefficient (Wildman–Crippen LogP) is 1.61. The van der Waals surface area contributed by atoms with Crippen LogP contribution in [0.2, 0.25) is 0 Å². The second-order valence-electron chi connectivity index (χ2n) is 3.50. The van der Waals surface area contributed by atoms with Gasteiger partial charge in [-0.2, -0.15) is 0 Å². The number of hydrogen-bond donors (Lipinski definition) is 1. The van der Waals surface area contributed by atoms with Crippen LogP contribution in [0.1, 0.15) is 24.4 Å². The summed E-state index contributed by atoms with van der Waals surface area (Å²) in [7, 11) is 0. The molecular weight excluding hydrogens is 166 g/mol. The van der Waals surface area contributed by atoms with Crippen LogP contribution in [0.3, 0.4) is 0 Å². The van der Waals surface area contributed by atoms with E-state index in [1.165, 1.54) is 0 Å². The molecule has 1 fully saturated rings. The molecule has 3 heteroatoms. The lowest BCUT2D eigenvalue weighted by Gasteiger charge is -2.00. The summed E-state index contributed by atoms with van der Waals surface area (Å²) in [4.78, 5) is 11.2. The Morgan fingerprint density at radius 1 is 1.62 bits per heavy atom. The fraction of sp³-hybridized carbons (Fsp3) is 0.500. The molecule has 1 saturated carbocycles. The standard InChI is InChI=1S/C10H13NO2/c1-7-2-5-9(13-7)6-11-10(12)8-3-4-8/h2,5,8H,3-4,6H2,1H3,(H,11,12). The summed E-state index contributed by atoms with van der Waals surface area (Å²) in [6, 6.07) is 3.79. The minimum atomic E-state index is 0.161. The maximum absolute atomic E-state index is 11.2. The zero-order valence-corrected chi connectivity index (χ0v) is 7.67. The maximum Gasteiger partial charge on any atom is 0.223 e. The molecule has 1 aromatic rings. The third-order valence-corrected chi connectivity index (χ3v) is 2.18. The first-order chi connectivity index (χ1) is 6.25. The van der Waals surface area contributed by atoms with Gasteiger partial charge in [0.25, 0.3) is 0 Å². The first-order valence-electron chi connectivity index (χ1n) is 4.59. The minimum Gasteiger partial charge on any atom is -0.465 e. The molecule has 2 rings (SSSR count). The highest BCUT2D eigenvalue weighted by molar-refractivity contribution is 5.80. The fourth-order valence-electron chi connectivity index (χ4n) is 1.24. The average Bonchev–Trinajstić information content (AvgIpc) is 2.87. The molecule has 0 aromatic carbocycles. The normalized spacial score (nSPS) is 15.8. The van der Waals surface area contributed by atoms with E-state index in [9.17, 15) is 4.79 Å². The number of carbonyl (C=O) groups excluding carboxylic acids is 1. The van der Waals surface area contributed by atoms with Gasteiger partial charge in [-0.15, -0.1) is 0 Å². The summed E-state index contributed by atoms with van der Waals surface area (Å²) in [6.45, 7) is 2.41.